The molecule has 0 saturated heterocycles. The lowest BCUT2D eigenvalue weighted by Crippen LogP contribution is -2.35. The molecule has 2 aromatic carbocycles. The number of nitrogens with one attached hydrogen (secondary N) is 1. The van der Waals surface area contributed by atoms with Gasteiger partial charge in [0.1, 0.15) is 0 Å². The van der Waals surface area contributed by atoms with E-state index in [1.165, 1.54) is 10.1 Å². The summed E-state index contributed by atoms with van der Waals surface area (Å²) in [7, 11) is 1.63. The molecule has 4 rings (SSSR count). The van der Waals surface area contributed by atoms with Crippen molar-refractivity contribution in [3.05, 3.63) is 68.7 Å². The van der Waals surface area contributed by atoms with Gasteiger partial charge < -0.3 is 14.6 Å². The van der Waals surface area contributed by atoms with Crippen LogP contribution >= 0.6 is 12.2 Å². The zero-order valence-electron chi connectivity index (χ0n) is 16.5. The third-order valence-corrected chi connectivity index (χ3v) is 5.71. The number of amides is 1. The first-order valence-electron chi connectivity index (χ1n) is 9.68. The van der Waals surface area contributed by atoms with E-state index in [1.54, 1.807) is 25.3 Å². The van der Waals surface area contributed by atoms with Crippen molar-refractivity contribution in [3.63, 3.8) is 0 Å². The van der Waals surface area contributed by atoms with Crippen LogP contribution in [0.5, 0.6) is 0 Å². The maximum absolute atomic E-state index is 13.3. The van der Waals surface area contributed by atoms with Crippen molar-refractivity contribution in [1.29, 1.82) is 0 Å². The van der Waals surface area contributed by atoms with E-state index < -0.39 is 0 Å². The van der Waals surface area contributed by atoms with Crippen LogP contribution < -0.4 is 10.5 Å². The van der Waals surface area contributed by atoms with E-state index in [1.807, 2.05) is 30.0 Å². The number of hydrogen-bond donors (Lipinski definition) is 1. The summed E-state index contributed by atoms with van der Waals surface area (Å²) in [6, 6.07) is 13.2. The van der Waals surface area contributed by atoms with Crippen molar-refractivity contribution in [1.82, 2.24) is 9.55 Å². The van der Waals surface area contributed by atoms with Gasteiger partial charge in [0.25, 0.3) is 11.5 Å². The highest BCUT2D eigenvalue weighted by Crippen LogP contribution is 2.33. The van der Waals surface area contributed by atoms with Crippen molar-refractivity contribution in [2.24, 2.45) is 0 Å². The van der Waals surface area contributed by atoms with Crippen LogP contribution in [0.25, 0.3) is 10.9 Å². The highest BCUT2D eigenvalue weighted by atomic mass is 32.1. The molecule has 0 aliphatic carbocycles. The third-order valence-electron chi connectivity index (χ3n) is 5.39. The number of aromatic nitrogens is 2. The molecule has 1 N–H and O–H groups in total. The van der Waals surface area contributed by atoms with Gasteiger partial charge in [0.2, 0.25) is 0 Å². The van der Waals surface area contributed by atoms with Crippen LogP contribution in [0.4, 0.5) is 5.69 Å². The van der Waals surface area contributed by atoms with Crippen molar-refractivity contribution in [3.8, 4) is 0 Å². The number of hydrogen-bond acceptors (Lipinski definition) is 4. The molecule has 1 aliphatic heterocycles. The van der Waals surface area contributed by atoms with Gasteiger partial charge in [-0.1, -0.05) is 18.2 Å². The van der Waals surface area contributed by atoms with Crippen LogP contribution in [0.15, 0.2) is 47.3 Å². The van der Waals surface area contributed by atoms with E-state index in [0.717, 1.165) is 12.1 Å². The molecule has 1 amide bonds. The van der Waals surface area contributed by atoms with Crippen LogP contribution in [-0.4, -0.2) is 35.2 Å². The molecule has 2 heterocycles. The van der Waals surface area contributed by atoms with E-state index in [2.05, 4.69) is 11.1 Å². The highest BCUT2D eigenvalue weighted by Gasteiger charge is 2.31. The number of carbonyl (C=O) groups is 1. The van der Waals surface area contributed by atoms with Gasteiger partial charge in [-0.3, -0.25) is 14.2 Å². The Labute approximate surface area is 173 Å². The number of para-hydroxylation sites is 1. The molecule has 6 nitrogen and oxygen atoms in total. The Balaban J connectivity index is 1.71. The van der Waals surface area contributed by atoms with Crippen molar-refractivity contribution < 1.29 is 9.53 Å². The normalized spacial score (nSPS) is 15.7. The Hall–Kier alpha value is -2.77. The topological polar surface area (TPSA) is 67.3 Å². The Kier molecular flexibility index (Phi) is 5.34. The van der Waals surface area contributed by atoms with Crippen molar-refractivity contribution in [2.45, 2.75) is 32.4 Å². The number of anilines is 1. The Morgan fingerprint density at radius 3 is 2.86 bits per heavy atom. The SMILES string of the molecule is COCCCn1c(=S)[nH]c2cc(C(=O)N3c4ccccc4CC3C)ccc2c1=O. The lowest BCUT2D eigenvalue weighted by atomic mass is 10.1. The minimum atomic E-state index is -0.154. The summed E-state index contributed by atoms with van der Waals surface area (Å²) >= 11 is 5.37. The second-order valence-electron chi connectivity index (χ2n) is 7.35. The molecule has 1 unspecified atom stereocenters. The Morgan fingerprint density at radius 2 is 2.07 bits per heavy atom. The molecule has 0 bridgehead atoms. The van der Waals surface area contributed by atoms with Gasteiger partial charge in [-0.15, -0.1) is 0 Å². The lowest BCUT2D eigenvalue weighted by molar-refractivity contribution is 0.0981. The van der Waals surface area contributed by atoms with Crippen molar-refractivity contribution in [2.75, 3.05) is 18.6 Å². The first-order chi connectivity index (χ1) is 14.0. The maximum Gasteiger partial charge on any atom is 0.262 e. The number of fused-ring (bicyclic) bond motifs is 2. The summed E-state index contributed by atoms with van der Waals surface area (Å²) < 4.78 is 6.94. The lowest BCUT2D eigenvalue weighted by Gasteiger charge is -2.23. The second-order valence-corrected chi connectivity index (χ2v) is 7.74. The Bertz CT molecular complexity index is 1200. The zero-order valence-corrected chi connectivity index (χ0v) is 17.3. The minimum Gasteiger partial charge on any atom is -0.385 e. The van der Waals surface area contributed by atoms with Gasteiger partial charge in [-0.25, -0.2) is 0 Å². The quantitative estimate of drug-likeness (QED) is 0.516. The molecule has 0 fully saturated rings. The summed E-state index contributed by atoms with van der Waals surface area (Å²) in [5, 5.41) is 0.516. The Morgan fingerprint density at radius 1 is 1.28 bits per heavy atom. The fraction of sp³-hybridized carbons (Fsp3) is 0.318. The first-order valence-corrected chi connectivity index (χ1v) is 10.1. The average Bonchev–Trinajstić information content (AvgIpc) is 3.05. The fourth-order valence-corrected chi connectivity index (χ4v) is 4.26. The average molecular weight is 410 g/mol. The predicted octanol–water partition coefficient (Wildman–Crippen LogP) is 3.69. The number of aromatic amines is 1. The third kappa shape index (κ3) is 3.52. The molecule has 7 heteroatoms. The molecule has 0 radical (unpaired) electrons. The molecule has 1 atom stereocenters. The molecule has 0 saturated carbocycles. The summed E-state index contributed by atoms with van der Waals surface area (Å²) in [4.78, 5) is 31.0. The zero-order chi connectivity index (χ0) is 20.5. The van der Waals surface area contributed by atoms with Gasteiger partial charge in [-0.05, 0) is 61.8 Å². The molecule has 1 aromatic heterocycles. The van der Waals surface area contributed by atoms with E-state index >= 15 is 0 Å². The molecule has 0 spiro atoms. The number of methoxy groups -OCH3 is 1. The number of benzene rings is 2. The standard InChI is InChI=1S/C22H23N3O3S/c1-14-12-15-6-3-4-7-19(15)25(14)20(26)16-8-9-17-18(13-16)23-22(29)24(21(17)27)10-5-11-28-2/h3-4,6-9,13-14H,5,10-12H2,1-2H3,(H,23,29). The van der Waals surface area contributed by atoms with Gasteiger partial charge in [0.15, 0.2) is 4.77 Å². The number of H-pyrrole nitrogens is 1. The van der Waals surface area contributed by atoms with Crippen LogP contribution in [0.3, 0.4) is 0 Å². The largest absolute Gasteiger partial charge is 0.385 e. The number of rotatable bonds is 5. The van der Waals surface area contributed by atoms with Crippen LogP contribution in [0, 0.1) is 4.77 Å². The molecule has 3 aromatic rings. The predicted molar refractivity (Wildman–Crippen MR) is 116 cm³/mol. The number of carbonyl (C=O) groups excluding carboxylic acids is 1. The monoisotopic (exact) mass is 409 g/mol. The van der Waals surface area contributed by atoms with Gasteiger partial charge in [-0.2, -0.15) is 0 Å². The number of nitrogens with zero attached hydrogens (tertiary/aromatic N) is 2. The van der Waals surface area contributed by atoms with Crippen LogP contribution in [-0.2, 0) is 17.7 Å². The van der Waals surface area contributed by atoms with Gasteiger partial charge in [0.05, 0.1) is 10.9 Å². The molecular formula is C22H23N3O3S. The van der Waals surface area contributed by atoms with Crippen LogP contribution in [0.1, 0.15) is 29.3 Å². The highest BCUT2D eigenvalue weighted by molar-refractivity contribution is 7.71. The van der Waals surface area contributed by atoms with Gasteiger partial charge >= 0.3 is 0 Å². The summed E-state index contributed by atoms with van der Waals surface area (Å²) in [6.45, 7) is 3.09. The molecule has 150 valence electrons. The molecule has 29 heavy (non-hydrogen) atoms. The minimum absolute atomic E-state index is 0.0760. The maximum atomic E-state index is 13.3. The summed E-state index contributed by atoms with van der Waals surface area (Å²) in [5.41, 5.74) is 3.08. The van der Waals surface area contributed by atoms with E-state index in [-0.39, 0.29) is 17.5 Å². The molecule has 1 aliphatic rings. The van der Waals surface area contributed by atoms with Gasteiger partial charge in [0, 0.05) is 37.6 Å². The van der Waals surface area contributed by atoms with E-state index in [9.17, 15) is 9.59 Å². The number of ether oxygens (including phenoxy) is 1. The van der Waals surface area contributed by atoms with Crippen LogP contribution in [0.2, 0.25) is 0 Å². The second kappa shape index (κ2) is 7.93. The van der Waals surface area contributed by atoms with E-state index in [4.69, 9.17) is 17.0 Å². The summed E-state index contributed by atoms with van der Waals surface area (Å²) in [6.07, 6.45) is 1.53. The fourth-order valence-electron chi connectivity index (χ4n) is 3.97. The summed E-state index contributed by atoms with van der Waals surface area (Å²) in [5.74, 6) is -0.0760. The smallest absolute Gasteiger partial charge is 0.262 e. The van der Waals surface area contributed by atoms with E-state index in [0.29, 0.717) is 40.8 Å². The first kappa shape index (κ1) is 19.5. The van der Waals surface area contributed by atoms with Crippen molar-refractivity contribution >= 4 is 34.7 Å². The molecular weight excluding hydrogens is 386 g/mol.